The van der Waals surface area contributed by atoms with E-state index in [1.807, 2.05) is 6.20 Å². The van der Waals surface area contributed by atoms with E-state index in [0.717, 1.165) is 23.2 Å². The molecule has 0 saturated heterocycles. The van der Waals surface area contributed by atoms with Crippen LogP contribution in [0, 0.1) is 5.92 Å². The summed E-state index contributed by atoms with van der Waals surface area (Å²) in [5.74, 6) is 1.13. The van der Waals surface area contributed by atoms with Gasteiger partial charge in [-0.25, -0.2) is 0 Å². The number of nitrogens with one attached hydrogen (secondary N) is 2. The van der Waals surface area contributed by atoms with Crippen LogP contribution in [0.4, 0.5) is 5.82 Å². The quantitative estimate of drug-likeness (QED) is 0.711. The van der Waals surface area contributed by atoms with Gasteiger partial charge in [0.15, 0.2) is 0 Å². The van der Waals surface area contributed by atoms with Crippen LogP contribution >= 0.6 is 0 Å². The van der Waals surface area contributed by atoms with Gasteiger partial charge in [0.1, 0.15) is 5.82 Å². The molecule has 0 aliphatic carbocycles. The summed E-state index contributed by atoms with van der Waals surface area (Å²) in [6, 6.07) is 0. The highest BCUT2D eigenvalue weighted by molar-refractivity contribution is 5.66. The molecule has 0 amide bonds. The van der Waals surface area contributed by atoms with E-state index < -0.39 is 0 Å². The second kappa shape index (κ2) is 3.76. The Labute approximate surface area is 88.1 Å². The van der Waals surface area contributed by atoms with Crippen molar-refractivity contribution in [2.45, 2.75) is 20.3 Å². The zero-order valence-electron chi connectivity index (χ0n) is 8.91. The molecule has 0 unspecified atom stereocenters. The minimum atomic E-state index is 0.551. The Kier molecular flexibility index (Phi) is 2.45. The third-order valence-electron chi connectivity index (χ3n) is 2.30. The average molecular weight is 205 g/mol. The van der Waals surface area contributed by atoms with Gasteiger partial charge in [-0.05, 0) is 12.3 Å². The van der Waals surface area contributed by atoms with Gasteiger partial charge in [-0.3, -0.25) is 10.2 Å². The molecule has 2 aromatic rings. The maximum atomic E-state index is 5.82. The largest absolute Gasteiger partial charge is 0.382 e. The molecule has 0 spiro atoms. The van der Waals surface area contributed by atoms with Crippen molar-refractivity contribution >= 4 is 5.82 Å². The van der Waals surface area contributed by atoms with E-state index in [2.05, 4.69) is 34.2 Å². The third-order valence-corrected chi connectivity index (χ3v) is 2.30. The molecule has 0 bridgehead atoms. The lowest BCUT2D eigenvalue weighted by atomic mass is 10.0. The molecular weight excluding hydrogens is 190 g/mol. The van der Waals surface area contributed by atoms with Crippen molar-refractivity contribution in [1.29, 1.82) is 0 Å². The molecule has 0 fully saturated rings. The van der Waals surface area contributed by atoms with Crippen molar-refractivity contribution in [3.8, 4) is 11.3 Å². The molecule has 5 nitrogen and oxygen atoms in total. The van der Waals surface area contributed by atoms with Gasteiger partial charge in [0.25, 0.3) is 0 Å². The Morgan fingerprint density at radius 2 is 2.27 bits per heavy atom. The molecule has 0 aromatic carbocycles. The van der Waals surface area contributed by atoms with Gasteiger partial charge in [0.05, 0.1) is 11.9 Å². The van der Waals surface area contributed by atoms with Crippen LogP contribution in [0.5, 0.6) is 0 Å². The zero-order valence-corrected chi connectivity index (χ0v) is 8.91. The summed E-state index contributed by atoms with van der Waals surface area (Å²) in [5, 5.41) is 13.7. The number of rotatable bonds is 3. The van der Waals surface area contributed by atoms with E-state index in [-0.39, 0.29) is 0 Å². The highest BCUT2D eigenvalue weighted by atomic mass is 15.2. The van der Waals surface area contributed by atoms with Gasteiger partial charge >= 0.3 is 0 Å². The SMILES string of the molecule is CC(C)Cc1c(N)n[nH]c1-c1cn[nH]c1. The van der Waals surface area contributed by atoms with Gasteiger partial charge in [-0.2, -0.15) is 10.2 Å². The van der Waals surface area contributed by atoms with Crippen LogP contribution < -0.4 is 5.73 Å². The first-order chi connectivity index (χ1) is 7.18. The van der Waals surface area contributed by atoms with Crippen LogP contribution in [0.3, 0.4) is 0 Å². The fraction of sp³-hybridized carbons (Fsp3) is 0.400. The van der Waals surface area contributed by atoms with E-state index in [1.54, 1.807) is 6.20 Å². The number of nitrogen functional groups attached to an aromatic ring is 1. The second-order valence-corrected chi connectivity index (χ2v) is 4.05. The first-order valence-electron chi connectivity index (χ1n) is 5.00. The molecule has 0 aliphatic heterocycles. The summed E-state index contributed by atoms with van der Waals surface area (Å²) in [7, 11) is 0. The topological polar surface area (TPSA) is 83.4 Å². The lowest BCUT2D eigenvalue weighted by Crippen LogP contribution is -1.98. The number of hydrogen-bond donors (Lipinski definition) is 3. The number of nitrogens with zero attached hydrogens (tertiary/aromatic N) is 2. The number of H-pyrrole nitrogens is 2. The lowest BCUT2D eigenvalue weighted by molar-refractivity contribution is 0.649. The van der Waals surface area contributed by atoms with Gasteiger partial charge in [-0.1, -0.05) is 13.8 Å². The van der Waals surface area contributed by atoms with Crippen molar-refractivity contribution in [3.63, 3.8) is 0 Å². The van der Waals surface area contributed by atoms with Gasteiger partial charge < -0.3 is 5.73 Å². The summed E-state index contributed by atoms with van der Waals surface area (Å²) in [4.78, 5) is 0. The van der Waals surface area contributed by atoms with Crippen molar-refractivity contribution in [2.75, 3.05) is 5.73 Å². The maximum absolute atomic E-state index is 5.82. The van der Waals surface area contributed by atoms with Crippen LogP contribution in [0.25, 0.3) is 11.3 Å². The molecule has 5 heteroatoms. The van der Waals surface area contributed by atoms with Crippen LogP contribution in [0.15, 0.2) is 12.4 Å². The van der Waals surface area contributed by atoms with Gasteiger partial charge in [0.2, 0.25) is 0 Å². The van der Waals surface area contributed by atoms with Gasteiger partial charge in [0, 0.05) is 17.3 Å². The molecule has 0 atom stereocenters. The standard InChI is InChI=1S/C10H15N5/c1-6(2)3-8-9(14-15-10(8)11)7-4-12-13-5-7/h4-6H,3H2,1-2H3,(H,12,13)(H3,11,14,15). The van der Waals surface area contributed by atoms with E-state index in [0.29, 0.717) is 11.7 Å². The Morgan fingerprint density at radius 3 is 2.87 bits per heavy atom. The number of hydrogen-bond acceptors (Lipinski definition) is 3. The third kappa shape index (κ3) is 1.86. The van der Waals surface area contributed by atoms with Crippen molar-refractivity contribution < 1.29 is 0 Å². The predicted octanol–water partition coefficient (Wildman–Crippen LogP) is 1.58. The molecule has 2 aromatic heterocycles. The maximum Gasteiger partial charge on any atom is 0.149 e. The molecular formula is C10H15N5. The van der Waals surface area contributed by atoms with Crippen LogP contribution in [0.2, 0.25) is 0 Å². The predicted molar refractivity (Wildman–Crippen MR) is 59.1 cm³/mol. The van der Waals surface area contributed by atoms with E-state index >= 15 is 0 Å². The minimum Gasteiger partial charge on any atom is -0.382 e. The molecule has 15 heavy (non-hydrogen) atoms. The Hall–Kier alpha value is -1.78. The van der Waals surface area contributed by atoms with Crippen LogP contribution in [0.1, 0.15) is 19.4 Å². The summed E-state index contributed by atoms with van der Waals surface area (Å²) in [6.45, 7) is 4.32. The van der Waals surface area contributed by atoms with E-state index in [1.165, 1.54) is 0 Å². The second-order valence-electron chi connectivity index (χ2n) is 4.05. The first kappa shape index (κ1) is 9.76. The van der Waals surface area contributed by atoms with Gasteiger partial charge in [-0.15, -0.1) is 0 Å². The average Bonchev–Trinajstić information content (AvgIpc) is 2.76. The molecule has 0 saturated carbocycles. The first-order valence-corrected chi connectivity index (χ1v) is 5.00. The molecule has 0 aliphatic rings. The highest BCUT2D eigenvalue weighted by Crippen LogP contribution is 2.26. The van der Waals surface area contributed by atoms with Crippen LogP contribution in [-0.2, 0) is 6.42 Å². The smallest absolute Gasteiger partial charge is 0.149 e. The van der Waals surface area contributed by atoms with Crippen molar-refractivity contribution in [1.82, 2.24) is 20.4 Å². The summed E-state index contributed by atoms with van der Waals surface area (Å²) < 4.78 is 0. The number of aromatic amines is 2. The fourth-order valence-electron chi connectivity index (χ4n) is 1.62. The monoisotopic (exact) mass is 205 g/mol. The number of anilines is 1. The van der Waals surface area contributed by atoms with Crippen molar-refractivity contribution in [3.05, 3.63) is 18.0 Å². The molecule has 4 N–H and O–H groups in total. The molecule has 80 valence electrons. The number of aromatic nitrogens is 4. The Bertz CT molecular complexity index is 427. The molecule has 0 radical (unpaired) electrons. The minimum absolute atomic E-state index is 0.551. The van der Waals surface area contributed by atoms with Crippen LogP contribution in [-0.4, -0.2) is 20.4 Å². The highest BCUT2D eigenvalue weighted by Gasteiger charge is 2.14. The fourth-order valence-corrected chi connectivity index (χ4v) is 1.62. The normalized spacial score (nSPS) is 11.1. The lowest BCUT2D eigenvalue weighted by Gasteiger charge is -2.05. The number of nitrogens with two attached hydrogens (primary N) is 1. The zero-order chi connectivity index (χ0) is 10.8. The Balaban J connectivity index is 2.40. The molecule has 2 rings (SSSR count). The summed E-state index contributed by atoms with van der Waals surface area (Å²) >= 11 is 0. The van der Waals surface area contributed by atoms with Crippen molar-refractivity contribution in [2.24, 2.45) is 5.92 Å². The molecule has 2 heterocycles. The van der Waals surface area contributed by atoms with E-state index in [9.17, 15) is 0 Å². The summed E-state index contributed by atoms with van der Waals surface area (Å²) in [5.41, 5.74) is 8.86. The Morgan fingerprint density at radius 1 is 1.47 bits per heavy atom. The van der Waals surface area contributed by atoms with E-state index in [4.69, 9.17) is 5.73 Å². The summed E-state index contributed by atoms with van der Waals surface area (Å²) in [6.07, 6.45) is 4.51.